The summed E-state index contributed by atoms with van der Waals surface area (Å²) < 4.78 is 2.48. The Morgan fingerprint density at radius 1 is 0.375 bits per heavy atom. The number of aromatic nitrogens is 1. The highest BCUT2D eigenvalue weighted by molar-refractivity contribution is 6.26. The number of fused-ring (bicyclic) bond motifs is 9. The molecule has 0 saturated heterocycles. The molecule has 10 aromatic rings. The standard InChI is InChI=1S/C47H31N/c1-30-19-20-32-23-27-41-46-36-14-6-5-11-31(36)24-28-43(46)48(47(41)42(32)29-30)35-25-21-34(22-26-35)45-39-17-9-7-15-37(39)44(33-12-3-2-4-13-33)38-16-8-10-18-40(38)45/h2-29H,1H3. The number of rotatable bonds is 3. The molecule has 1 nitrogen and oxygen atoms in total. The summed E-state index contributed by atoms with van der Waals surface area (Å²) in [4.78, 5) is 0. The fraction of sp³-hybridized carbons (Fsp3) is 0.0213. The van der Waals surface area contributed by atoms with Crippen LogP contribution in [0.2, 0.25) is 0 Å². The normalized spacial score (nSPS) is 11.9. The van der Waals surface area contributed by atoms with E-state index < -0.39 is 0 Å². The number of hydrogen-bond donors (Lipinski definition) is 0. The molecule has 0 radical (unpaired) electrons. The molecule has 0 atom stereocenters. The molecular formula is C47H31N. The number of aryl methyl sites for hydroxylation is 1. The van der Waals surface area contributed by atoms with Gasteiger partial charge in [0.05, 0.1) is 11.0 Å². The lowest BCUT2D eigenvalue weighted by atomic mass is 9.86. The van der Waals surface area contributed by atoms with Crippen LogP contribution >= 0.6 is 0 Å². The molecule has 0 aliphatic rings. The van der Waals surface area contributed by atoms with E-state index in [2.05, 4.69) is 181 Å². The van der Waals surface area contributed by atoms with E-state index >= 15 is 0 Å². The van der Waals surface area contributed by atoms with Crippen LogP contribution in [0.1, 0.15) is 5.56 Å². The van der Waals surface area contributed by atoms with Crippen LogP contribution in [0.4, 0.5) is 0 Å². The molecule has 10 rings (SSSR count). The summed E-state index contributed by atoms with van der Waals surface area (Å²) in [5, 5.41) is 12.8. The molecule has 0 saturated carbocycles. The lowest BCUT2D eigenvalue weighted by Gasteiger charge is -2.18. The lowest BCUT2D eigenvalue weighted by Crippen LogP contribution is -1.95. The van der Waals surface area contributed by atoms with Gasteiger partial charge in [0, 0.05) is 21.8 Å². The Morgan fingerprint density at radius 3 is 1.56 bits per heavy atom. The first-order valence-electron chi connectivity index (χ1n) is 16.7. The van der Waals surface area contributed by atoms with E-state index in [9.17, 15) is 0 Å². The quantitative estimate of drug-likeness (QED) is 0.176. The summed E-state index contributed by atoms with van der Waals surface area (Å²) in [6.45, 7) is 2.19. The van der Waals surface area contributed by atoms with Gasteiger partial charge >= 0.3 is 0 Å². The second-order valence-electron chi connectivity index (χ2n) is 13.0. The van der Waals surface area contributed by atoms with Crippen LogP contribution in [-0.2, 0) is 0 Å². The summed E-state index contributed by atoms with van der Waals surface area (Å²) in [6, 6.07) is 62.6. The van der Waals surface area contributed by atoms with E-state index in [0.29, 0.717) is 0 Å². The third-order valence-corrected chi connectivity index (χ3v) is 10.2. The Labute approximate surface area is 278 Å². The molecule has 1 aromatic heterocycles. The average molecular weight is 610 g/mol. The molecular weight excluding hydrogens is 579 g/mol. The van der Waals surface area contributed by atoms with Crippen molar-refractivity contribution in [3.63, 3.8) is 0 Å². The third-order valence-electron chi connectivity index (χ3n) is 10.2. The minimum Gasteiger partial charge on any atom is -0.309 e. The Hall–Kier alpha value is -6.18. The second-order valence-corrected chi connectivity index (χ2v) is 13.0. The fourth-order valence-electron chi connectivity index (χ4n) is 8.11. The van der Waals surface area contributed by atoms with Gasteiger partial charge in [0.25, 0.3) is 0 Å². The molecule has 1 heteroatoms. The summed E-state index contributed by atoms with van der Waals surface area (Å²) in [6.07, 6.45) is 0. The van der Waals surface area contributed by atoms with Gasteiger partial charge in [-0.15, -0.1) is 0 Å². The van der Waals surface area contributed by atoms with Gasteiger partial charge in [-0.05, 0) is 91.1 Å². The molecule has 0 amide bonds. The second kappa shape index (κ2) is 10.4. The highest BCUT2D eigenvalue weighted by Gasteiger charge is 2.19. The average Bonchev–Trinajstić information content (AvgIpc) is 3.50. The first kappa shape index (κ1) is 27.0. The van der Waals surface area contributed by atoms with Gasteiger partial charge in [0.15, 0.2) is 0 Å². The predicted octanol–water partition coefficient (Wildman–Crippen LogP) is 13.0. The van der Waals surface area contributed by atoms with Crippen molar-refractivity contribution in [3.05, 3.63) is 175 Å². The Balaban J connectivity index is 1.25. The van der Waals surface area contributed by atoms with E-state index in [4.69, 9.17) is 0 Å². The summed E-state index contributed by atoms with van der Waals surface area (Å²) >= 11 is 0. The van der Waals surface area contributed by atoms with Crippen LogP contribution in [0.15, 0.2) is 170 Å². The molecule has 48 heavy (non-hydrogen) atoms. The molecule has 0 fully saturated rings. The summed E-state index contributed by atoms with van der Waals surface area (Å²) in [5.41, 5.74) is 9.96. The van der Waals surface area contributed by atoms with Crippen LogP contribution in [0.3, 0.4) is 0 Å². The maximum atomic E-state index is 2.48. The van der Waals surface area contributed by atoms with Gasteiger partial charge < -0.3 is 4.57 Å². The zero-order chi connectivity index (χ0) is 31.8. The van der Waals surface area contributed by atoms with Gasteiger partial charge in [-0.3, -0.25) is 0 Å². The van der Waals surface area contributed by atoms with Crippen molar-refractivity contribution >= 4 is 64.9 Å². The summed E-state index contributed by atoms with van der Waals surface area (Å²) in [5.74, 6) is 0. The molecule has 224 valence electrons. The lowest BCUT2D eigenvalue weighted by molar-refractivity contribution is 1.19. The molecule has 0 bridgehead atoms. The van der Waals surface area contributed by atoms with Crippen molar-refractivity contribution in [1.82, 2.24) is 4.57 Å². The van der Waals surface area contributed by atoms with Gasteiger partial charge in [-0.25, -0.2) is 0 Å². The first-order valence-corrected chi connectivity index (χ1v) is 16.7. The Bertz CT molecular complexity index is 2820. The summed E-state index contributed by atoms with van der Waals surface area (Å²) in [7, 11) is 0. The van der Waals surface area contributed by atoms with Crippen molar-refractivity contribution in [2.75, 3.05) is 0 Å². The van der Waals surface area contributed by atoms with E-state index in [1.54, 1.807) is 0 Å². The van der Waals surface area contributed by atoms with E-state index in [0.717, 1.165) is 5.69 Å². The number of nitrogens with zero attached hydrogens (tertiary/aromatic N) is 1. The first-order chi connectivity index (χ1) is 23.7. The van der Waals surface area contributed by atoms with Crippen molar-refractivity contribution in [2.45, 2.75) is 6.92 Å². The van der Waals surface area contributed by atoms with Crippen LogP contribution in [-0.4, -0.2) is 4.57 Å². The van der Waals surface area contributed by atoms with E-state index in [1.165, 1.54) is 92.7 Å². The monoisotopic (exact) mass is 609 g/mol. The zero-order valence-corrected chi connectivity index (χ0v) is 26.6. The van der Waals surface area contributed by atoms with Crippen LogP contribution in [0.5, 0.6) is 0 Å². The maximum absolute atomic E-state index is 2.48. The van der Waals surface area contributed by atoms with Crippen molar-refractivity contribution in [1.29, 1.82) is 0 Å². The number of benzene rings is 9. The minimum atomic E-state index is 1.16. The van der Waals surface area contributed by atoms with E-state index in [1.807, 2.05) is 0 Å². The topological polar surface area (TPSA) is 4.93 Å². The van der Waals surface area contributed by atoms with Gasteiger partial charge in [0.1, 0.15) is 0 Å². The smallest absolute Gasteiger partial charge is 0.0619 e. The Kier molecular flexibility index (Phi) is 5.86. The maximum Gasteiger partial charge on any atom is 0.0619 e. The zero-order valence-electron chi connectivity index (χ0n) is 26.6. The largest absolute Gasteiger partial charge is 0.309 e. The third kappa shape index (κ3) is 3.91. The van der Waals surface area contributed by atoms with Crippen LogP contribution in [0.25, 0.3) is 92.8 Å². The SMILES string of the molecule is Cc1ccc2ccc3c4c5ccccc5ccc4n(-c4ccc(-c5c6ccccc6c(-c6ccccc6)c6ccccc56)cc4)c3c2c1. The number of hydrogen-bond acceptors (Lipinski definition) is 0. The van der Waals surface area contributed by atoms with Crippen molar-refractivity contribution in [2.24, 2.45) is 0 Å². The molecule has 0 unspecified atom stereocenters. The van der Waals surface area contributed by atoms with Crippen molar-refractivity contribution < 1.29 is 0 Å². The molecule has 0 aliphatic carbocycles. The van der Waals surface area contributed by atoms with Gasteiger partial charge in [0.2, 0.25) is 0 Å². The van der Waals surface area contributed by atoms with Crippen LogP contribution in [0, 0.1) is 6.92 Å². The highest BCUT2D eigenvalue weighted by Crippen LogP contribution is 2.45. The Morgan fingerprint density at radius 2 is 0.896 bits per heavy atom. The molecule has 9 aromatic carbocycles. The van der Waals surface area contributed by atoms with Gasteiger partial charge in [-0.1, -0.05) is 151 Å². The fourth-order valence-corrected chi connectivity index (χ4v) is 8.11. The molecule has 1 heterocycles. The molecule has 0 aliphatic heterocycles. The van der Waals surface area contributed by atoms with Crippen LogP contribution < -0.4 is 0 Å². The molecule has 0 N–H and O–H groups in total. The minimum absolute atomic E-state index is 1.16. The molecule has 0 spiro atoms. The predicted molar refractivity (Wildman–Crippen MR) is 206 cm³/mol. The van der Waals surface area contributed by atoms with Gasteiger partial charge in [-0.2, -0.15) is 0 Å². The van der Waals surface area contributed by atoms with E-state index in [-0.39, 0.29) is 0 Å². The highest BCUT2D eigenvalue weighted by atomic mass is 15.0. The van der Waals surface area contributed by atoms with Crippen molar-refractivity contribution in [3.8, 4) is 27.9 Å².